The maximum Gasteiger partial charge on any atom is 0.303 e. The molecule has 0 radical (unpaired) electrons. The summed E-state index contributed by atoms with van der Waals surface area (Å²) in [6, 6.07) is 2.36. The lowest BCUT2D eigenvalue weighted by molar-refractivity contribution is -0.136. The van der Waals surface area contributed by atoms with Crippen LogP contribution in [-0.2, 0) is 11.2 Å². The minimum Gasteiger partial charge on any atom is -0.505 e. The third-order valence-corrected chi connectivity index (χ3v) is 1.79. The van der Waals surface area contributed by atoms with E-state index < -0.39 is 23.3 Å². The van der Waals surface area contributed by atoms with Gasteiger partial charge in [0.1, 0.15) is 0 Å². The minimum atomic E-state index is -1.12. The third-order valence-electron chi connectivity index (χ3n) is 1.79. The summed E-state index contributed by atoms with van der Waals surface area (Å²) >= 11 is 0. The van der Waals surface area contributed by atoms with E-state index in [0.29, 0.717) is 0 Å². The molecule has 0 saturated carbocycles. The molecule has 0 aromatic heterocycles. The number of carboxylic acids is 1. The molecule has 0 fully saturated rings. The molecule has 3 N–H and O–H groups in total. The molecule has 0 saturated heterocycles. The third kappa shape index (κ3) is 2.12. The molecular formula is C9H9FO4. The van der Waals surface area contributed by atoms with E-state index in [1.807, 2.05) is 0 Å². The van der Waals surface area contributed by atoms with Crippen molar-refractivity contribution in [3.05, 3.63) is 23.5 Å². The van der Waals surface area contributed by atoms with Crippen molar-refractivity contribution < 1.29 is 24.5 Å². The van der Waals surface area contributed by atoms with Gasteiger partial charge >= 0.3 is 5.97 Å². The second kappa shape index (κ2) is 3.95. The number of aryl methyl sites for hydroxylation is 1. The summed E-state index contributed by atoms with van der Waals surface area (Å²) in [6.45, 7) is 0. The Morgan fingerprint density at radius 2 is 2.00 bits per heavy atom. The van der Waals surface area contributed by atoms with E-state index >= 15 is 0 Å². The summed E-state index contributed by atoms with van der Waals surface area (Å²) in [4.78, 5) is 10.2. The van der Waals surface area contributed by atoms with Gasteiger partial charge in [-0.3, -0.25) is 4.79 Å². The highest BCUT2D eigenvalue weighted by Gasteiger charge is 2.12. The van der Waals surface area contributed by atoms with Crippen molar-refractivity contribution in [3.8, 4) is 11.5 Å². The molecule has 0 atom stereocenters. The predicted molar refractivity (Wildman–Crippen MR) is 45.7 cm³/mol. The lowest BCUT2D eigenvalue weighted by atomic mass is 10.1. The second-order valence-corrected chi connectivity index (χ2v) is 2.80. The molecule has 1 rings (SSSR count). The van der Waals surface area contributed by atoms with E-state index in [1.165, 1.54) is 6.07 Å². The average molecular weight is 200 g/mol. The lowest BCUT2D eigenvalue weighted by Crippen LogP contribution is -1.98. The number of hydrogen-bond donors (Lipinski definition) is 3. The highest BCUT2D eigenvalue weighted by atomic mass is 19.1. The zero-order valence-corrected chi connectivity index (χ0v) is 7.20. The van der Waals surface area contributed by atoms with E-state index in [2.05, 4.69) is 0 Å². The van der Waals surface area contributed by atoms with E-state index in [9.17, 15) is 9.18 Å². The molecule has 76 valence electrons. The van der Waals surface area contributed by atoms with Crippen LogP contribution in [-0.4, -0.2) is 21.3 Å². The van der Waals surface area contributed by atoms with Gasteiger partial charge in [-0.05, 0) is 18.1 Å². The van der Waals surface area contributed by atoms with E-state index in [4.69, 9.17) is 15.3 Å². The van der Waals surface area contributed by atoms with Crippen LogP contribution in [0.3, 0.4) is 0 Å². The molecule has 0 aliphatic heterocycles. The smallest absolute Gasteiger partial charge is 0.303 e. The molecule has 0 aliphatic carbocycles. The maximum absolute atomic E-state index is 12.9. The predicted octanol–water partition coefficient (Wildman–Crippen LogP) is 1.25. The van der Waals surface area contributed by atoms with Gasteiger partial charge in [-0.25, -0.2) is 0 Å². The summed E-state index contributed by atoms with van der Waals surface area (Å²) < 4.78 is 12.9. The topological polar surface area (TPSA) is 77.8 Å². The van der Waals surface area contributed by atoms with Gasteiger partial charge in [0.05, 0.1) is 0 Å². The molecule has 1 aromatic carbocycles. The van der Waals surface area contributed by atoms with Crippen LogP contribution < -0.4 is 0 Å². The average Bonchev–Trinajstić information content (AvgIpc) is 2.13. The first kappa shape index (κ1) is 10.3. The van der Waals surface area contributed by atoms with E-state index in [0.717, 1.165) is 6.07 Å². The number of aliphatic carboxylic acids is 1. The second-order valence-electron chi connectivity index (χ2n) is 2.80. The number of rotatable bonds is 3. The van der Waals surface area contributed by atoms with Gasteiger partial charge in [0, 0.05) is 6.42 Å². The number of phenolic OH excluding ortho intramolecular Hbond substituents is 2. The Hall–Kier alpha value is -1.78. The number of hydrogen-bond acceptors (Lipinski definition) is 3. The molecule has 4 nitrogen and oxygen atoms in total. The Balaban J connectivity index is 2.88. The van der Waals surface area contributed by atoms with Crippen molar-refractivity contribution in [2.75, 3.05) is 0 Å². The molecule has 0 amide bonds. The van der Waals surface area contributed by atoms with Crippen molar-refractivity contribution in [1.29, 1.82) is 0 Å². The number of carboxylic acid groups (broad SMARTS) is 1. The van der Waals surface area contributed by atoms with Crippen LogP contribution in [0.1, 0.15) is 12.0 Å². The van der Waals surface area contributed by atoms with Crippen molar-refractivity contribution in [1.82, 2.24) is 0 Å². The molecule has 5 heteroatoms. The summed E-state index contributed by atoms with van der Waals surface area (Å²) in [5, 5.41) is 26.4. The van der Waals surface area contributed by atoms with Crippen LogP contribution in [0.4, 0.5) is 4.39 Å². The fourth-order valence-electron chi connectivity index (χ4n) is 1.04. The Morgan fingerprint density at radius 1 is 1.36 bits per heavy atom. The number of benzene rings is 1. The quantitative estimate of drug-likeness (QED) is 0.686. The molecule has 0 bridgehead atoms. The number of phenols is 2. The molecular weight excluding hydrogens is 191 g/mol. The van der Waals surface area contributed by atoms with Gasteiger partial charge in [0.2, 0.25) is 5.82 Å². The molecule has 0 aliphatic rings. The Bertz CT molecular complexity index is 362. The largest absolute Gasteiger partial charge is 0.505 e. The van der Waals surface area contributed by atoms with Crippen molar-refractivity contribution in [2.45, 2.75) is 12.8 Å². The van der Waals surface area contributed by atoms with Crippen LogP contribution in [0.2, 0.25) is 0 Å². The maximum atomic E-state index is 12.9. The minimum absolute atomic E-state index is 0.0262. The Kier molecular flexibility index (Phi) is 2.91. The van der Waals surface area contributed by atoms with Crippen molar-refractivity contribution in [2.24, 2.45) is 0 Å². The van der Waals surface area contributed by atoms with Crippen LogP contribution in [0.15, 0.2) is 12.1 Å². The lowest BCUT2D eigenvalue weighted by Gasteiger charge is -2.04. The highest BCUT2D eigenvalue weighted by molar-refractivity contribution is 5.67. The summed E-state index contributed by atoms with van der Waals surface area (Å²) in [5.74, 6) is -3.49. The SMILES string of the molecule is O=C(O)CCc1ccc(O)c(F)c1O. The van der Waals surface area contributed by atoms with Crippen molar-refractivity contribution >= 4 is 5.97 Å². The van der Waals surface area contributed by atoms with Crippen molar-refractivity contribution in [3.63, 3.8) is 0 Å². The molecule has 0 unspecified atom stereocenters. The molecule has 0 spiro atoms. The first-order valence-electron chi connectivity index (χ1n) is 3.93. The number of carbonyl (C=O) groups is 1. The standard InChI is InChI=1S/C9H9FO4/c10-8-6(11)3-1-5(9(8)14)2-4-7(12)13/h1,3,11,14H,2,4H2,(H,12,13). The first-order chi connectivity index (χ1) is 6.52. The van der Waals surface area contributed by atoms with Crippen LogP contribution in [0.5, 0.6) is 11.5 Å². The molecule has 0 heterocycles. The van der Waals surface area contributed by atoms with Gasteiger partial charge in [-0.2, -0.15) is 4.39 Å². The van der Waals surface area contributed by atoms with Crippen LogP contribution in [0.25, 0.3) is 0 Å². The van der Waals surface area contributed by atoms with E-state index in [1.54, 1.807) is 0 Å². The zero-order valence-electron chi connectivity index (χ0n) is 7.20. The number of halogens is 1. The zero-order chi connectivity index (χ0) is 10.7. The summed E-state index contributed by atoms with van der Waals surface area (Å²) in [7, 11) is 0. The van der Waals surface area contributed by atoms with Gasteiger partial charge in [0.25, 0.3) is 0 Å². The fraction of sp³-hybridized carbons (Fsp3) is 0.222. The van der Waals surface area contributed by atoms with Gasteiger partial charge in [-0.15, -0.1) is 0 Å². The molecule has 1 aromatic rings. The fourth-order valence-corrected chi connectivity index (χ4v) is 1.04. The van der Waals surface area contributed by atoms with Crippen LogP contribution in [0, 0.1) is 5.82 Å². The monoisotopic (exact) mass is 200 g/mol. The van der Waals surface area contributed by atoms with Gasteiger partial charge < -0.3 is 15.3 Å². The molecule has 14 heavy (non-hydrogen) atoms. The van der Waals surface area contributed by atoms with Gasteiger partial charge in [-0.1, -0.05) is 6.07 Å². The van der Waals surface area contributed by atoms with Crippen LogP contribution >= 0.6 is 0 Å². The summed E-state index contributed by atoms with van der Waals surface area (Å²) in [5.41, 5.74) is 0.169. The summed E-state index contributed by atoms with van der Waals surface area (Å²) in [6.07, 6.45) is -0.170. The van der Waals surface area contributed by atoms with E-state index in [-0.39, 0.29) is 18.4 Å². The normalized spacial score (nSPS) is 10.1. The Morgan fingerprint density at radius 3 is 2.57 bits per heavy atom. The number of aromatic hydroxyl groups is 2. The first-order valence-corrected chi connectivity index (χ1v) is 3.93. The Labute approximate surface area is 79.2 Å². The highest BCUT2D eigenvalue weighted by Crippen LogP contribution is 2.29. The van der Waals surface area contributed by atoms with Gasteiger partial charge in [0.15, 0.2) is 11.5 Å².